The summed E-state index contributed by atoms with van der Waals surface area (Å²) in [5.41, 5.74) is 6.84. The number of ether oxygens (including phenoxy) is 1. The third kappa shape index (κ3) is 6.73. The summed E-state index contributed by atoms with van der Waals surface area (Å²) in [4.78, 5) is 0. The fraction of sp³-hybridized carbons (Fsp3) is 0.333. The summed E-state index contributed by atoms with van der Waals surface area (Å²) in [5.74, 6) is 1.97. The van der Waals surface area contributed by atoms with Crippen LogP contribution in [0.15, 0.2) is 97.6 Å². The van der Waals surface area contributed by atoms with Gasteiger partial charge in [0.05, 0.1) is 0 Å². The summed E-state index contributed by atoms with van der Waals surface area (Å²) in [6.07, 6.45) is 15.0. The van der Waals surface area contributed by atoms with Crippen molar-refractivity contribution in [2.45, 2.75) is 70.3 Å². The lowest BCUT2D eigenvalue weighted by Crippen LogP contribution is -2.07. The molecule has 3 aromatic carbocycles. The molecule has 0 aliphatic heterocycles. The molecular weight excluding hydrogens is 412 g/mol. The van der Waals surface area contributed by atoms with Gasteiger partial charge >= 0.3 is 0 Å². The number of aryl methyl sites for hydroxylation is 2. The molecular formula is C33H38O. The summed E-state index contributed by atoms with van der Waals surface area (Å²) >= 11 is 0. The fourth-order valence-corrected chi connectivity index (χ4v) is 4.74. The van der Waals surface area contributed by atoms with E-state index in [-0.39, 0.29) is 0 Å². The van der Waals surface area contributed by atoms with Crippen molar-refractivity contribution in [3.63, 3.8) is 0 Å². The van der Waals surface area contributed by atoms with Gasteiger partial charge in [-0.1, -0.05) is 92.2 Å². The zero-order chi connectivity index (χ0) is 23.6. The molecule has 0 radical (unpaired) electrons. The van der Waals surface area contributed by atoms with E-state index in [0.29, 0.717) is 18.4 Å². The van der Waals surface area contributed by atoms with Crippen molar-refractivity contribution in [3.8, 4) is 5.75 Å². The normalized spacial score (nSPS) is 17.4. The molecule has 1 aliphatic rings. The first-order valence-corrected chi connectivity index (χ1v) is 12.9. The van der Waals surface area contributed by atoms with E-state index in [1.165, 1.54) is 59.9 Å². The molecule has 2 atom stereocenters. The van der Waals surface area contributed by atoms with Gasteiger partial charge in [0.25, 0.3) is 0 Å². The molecule has 2 unspecified atom stereocenters. The maximum atomic E-state index is 6.03. The zero-order valence-electron chi connectivity index (χ0n) is 20.6. The quantitative estimate of drug-likeness (QED) is 0.265. The minimum absolute atomic E-state index is 0.497. The van der Waals surface area contributed by atoms with Gasteiger partial charge in [-0.25, -0.2) is 0 Å². The van der Waals surface area contributed by atoms with Crippen molar-refractivity contribution in [2.24, 2.45) is 0 Å². The van der Waals surface area contributed by atoms with Crippen LogP contribution in [-0.2, 0) is 19.4 Å². The molecule has 0 heterocycles. The first-order valence-electron chi connectivity index (χ1n) is 12.9. The average Bonchev–Trinajstić information content (AvgIpc) is 2.91. The maximum absolute atomic E-state index is 6.03. The molecule has 3 aromatic rings. The van der Waals surface area contributed by atoms with Crippen LogP contribution < -0.4 is 4.74 Å². The Labute approximate surface area is 206 Å². The van der Waals surface area contributed by atoms with E-state index in [9.17, 15) is 0 Å². The Balaban J connectivity index is 1.28. The van der Waals surface area contributed by atoms with Crippen LogP contribution in [0.3, 0.4) is 0 Å². The van der Waals surface area contributed by atoms with Crippen molar-refractivity contribution in [2.75, 3.05) is 0 Å². The van der Waals surface area contributed by atoms with Gasteiger partial charge in [0, 0.05) is 11.8 Å². The first-order chi connectivity index (χ1) is 16.7. The van der Waals surface area contributed by atoms with Crippen LogP contribution in [0.25, 0.3) is 0 Å². The second-order valence-corrected chi connectivity index (χ2v) is 9.52. The Kier molecular flexibility index (Phi) is 8.79. The van der Waals surface area contributed by atoms with E-state index in [1.807, 2.05) is 6.08 Å². The largest absolute Gasteiger partial charge is 0.489 e. The minimum Gasteiger partial charge on any atom is -0.489 e. The molecule has 0 amide bonds. The molecule has 1 nitrogen and oxygen atoms in total. The molecule has 0 saturated carbocycles. The molecule has 0 spiro atoms. The highest BCUT2D eigenvalue weighted by molar-refractivity contribution is 5.35. The molecule has 0 aromatic heterocycles. The average molecular weight is 451 g/mol. The number of hydrogen-bond acceptors (Lipinski definition) is 1. The third-order valence-electron chi connectivity index (χ3n) is 6.97. The highest BCUT2D eigenvalue weighted by Gasteiger charge is 2.18. The van der Waals surface area contributed by atoms with Gasteiger partial charge in [-0.2, -0.15) is 0 Å². The van der Waals surface area contributed by atoms with E-state index >= 15 is 0 Å². The van der Waals surface area contributed by atoms with Crippen LogP contribution in [0.1, 0.15) is 78.7 Å². The van der Waals surface area contributed by atoms with Crippen LogP contribution in [0.4, 0.5) is 0 Å². The maximum Gasteiger partial charge on any atom is 0.119 e. The number of rotatable bonds is 11. The van der Waals surface area contributed by atoms with Crippen molar-refractivity contribution in [1.29, 1.82) is 0 Å². The molecule has 1 aliphatic carbocycles. The van der Waals surface area contributed by atoms with E-state index in [0.717, 1.165) is 18.6 Å². The number of hydrogen-bond donors (Lipinski definition) is 0. The van der Waals surface area contributed by atoms with Gasteiger partial charge in [0.15, 0.2) is 0 Å². The van der Waals surface area contributed by atoms with Crippen molar-refractivity contribution >= 4 is 0 Å². The summed E-state index contributed by atoms with van der Waals surface area (Å²) in [6.45, 7) is 6.65. The Bertz CT molecular complexity index is 1040. The fourth-order valence-electron chi connectivity index (χ4n) is 4.74. The van der Waals surface area contributed by atoms with Gasteiger partial charge in [-0.3, -0.25) is 0 Å². The molecule has 4 rings (SSSR count). The number of benzene rings is 3. The Hall–Kier alpha value is -3.06. The summed E-state index contributed by atoms with van der Waals surface area (Å²) in [7, 11) is 0. The topological polar surface area (TPSA) is 9.23 Å². The van der Waals surface area contributed by atoms with Gasteiger partial charge in [-0.05, 0) is 78.5 Å². The van der Waals surface area contributed by atoms with Crippen LogP contribution in [0.2, 0.25) is 0 Å². The SMILES string of the molecule is C=CCCc1ccc(COc2ccc(C3C=CC(c4ccc(CCCC)cc4)CC3)cc2)cc1. The molecule has 1 heteroatoms. The second kappa shape index (κ2) is 12.4. The molecule has 0 fully saturated rings. The molecule has 0 saturated heterocycles. The van der Waals surface area contributed by atoms with E-state index < -0.39 is 0 Å². The first kappa shape index (κ1) is 24.1. The van der Waals surface area contributed by atoms with Gasteiger partial charge in [0.1, 0.15) is 12.4 Å². The van der Waals surface area contributed by atoms with Crippen LogP contribution in [-0.4, -0.2) is 0 Å². The minimum atomic E-state index is 0.497. The Morgan fingerprint density at radius 1 is 0.735 bits per heavy atom. The van der Waals surface area contributed by atoms with Crippen molar-refractivity contribution < 1.29 is 4.74 Å². The van der Waals surface area contributed by atoms with E-state index in [2.05, 4.69) is 98.5 Å². The molecule has 176 valence electrons. The highest BCUT2D eigenvalue weighted by atomic mass is 16.5. The highest BCUT2D eigenvalue weighted by Crippen LogP contribution is 2.36. The molecule has 0 bridgehead atoms. The summed E-state index contributed by atoms with van der Waals surface area (Å²) in [6, 6.07) is 26.7. The molecule has 0 N–H and O–H groups in total. The predicted molar refractivity (Wildman–Crippen MR) is 145 cm³/mol. The zero-order valence-corrected chi connectivity index (χ0v) is 20.6. The van der Waals surface area contributed by atoms with Crippen LogP contribution in [0.5, 0.6) is 5.75 Å². The van der Waals surface area contributed by atoms with Gasteiger partial charge < -0.3 is 4.74 Å². The van der Waals surface area contributed by atoms with Crippen LogP contribution >= 0.6 is 0 Å². The van der Waals surface area contributed by atoms with Gasteiger partial charge in [0.2, 0.25) is 0 Å². The summed E-state index contributed by atoms with van der Waals surface area (Å²) < 4.78 is 6.03. The Morgan fingerprint density at radius 2 is 1.26 bits per heavy atom. The monoisotopic (exact) mass is 450 g/mol. The van der Waals surface area contributed by atoms with Crippen LogP contribution in [0, 0.1) is 0 Å². The number of allylic oxidation sites excluding steroid dienone is 3. The lowest BCUT2D eigenvalue weighted by atomic mass is 9.81. The second-order valence-electron chi connectivity index (χ2n) is 9.52. The smallest absolute Gasteiger partial charge is 0.119 e. The Morgan fingerprint density at radius 3 is 1.82 bits per heavy atom. The summed E-state index contributed by atoms with van der Waals surface area (Å²) in [5, 5.41) is 0. The standard InChI is InChI=1S/C33H38O/c1-3-5-7-26-9-11-28(12-10-26)25-34-33-23-21-32(22-24-33)31-19-17-30(18-20-31)29-15-13-27(14-16-29)8-6-4-2/h3,9-17,19,21-24,30-31H,1,4-8,18,20,25H2,2H3. The molecule has 34 heavy (non-hydrogen) atoms. The van der Waals surface area contributed by atoms with E-state index in [1.54, 1.807) is 0 Å². The lowest BCUT2D eigenvalue weighted by Gasteiger charge is -2.24. The van der Waals surface area contributed by atoms with Crippen molar-refractivity contribution in [1.82, 2.24) is 0 Å². The number of unbranched alkanes of at least 4 members (excludes halogenated alkanes) is 1. The van der Waals surface area contributed by atoms with E-state index in [4.69, 9.17) is 4.74 Å². The van der Waals surface area contributed by atoms with Crippen molar-refractivity contribution in [3.05, 3.63) is 125 Å². The van der Waals surface area contributed by atoms with Gasteiger partial charge in [-0.15, -0.1) is 6.58 Å². The predicted octanol–water partition coefficient (Wildman–Crippen LogP) is 8.94. The third-order valence-corrected chi connectivity index (χ3v) is 6.97. The lowest BCUT2D eigenvalue weighted by molar-refractivity contribution is 0.306.